The van der Waals surface area contributed by atoms with Crippen molar-refractivity contribution in [1.29, 1.82) is 0 Å². The lowest BCUT2D eigenvalue weighted by Crippen LogP contribution is -2.16. The molecule has 0 bridgehead atoms. The number of carbonyl (C=O) groups is 1. The zero-order valence-electron chi connectivity index (χ0n) is 8.51. The normalized spacial score (nSPS) is 9.67. The number of nitrogens with two attached hydrogens (primary N) is 1. The van der Waals surface area contributed by atoms with E-state index in [9.17, 15) is 9.70 Å². The number of rotatable bonds is 5. The van der Waals surface area contributed by atoms with Gasteiger partial charge in [-0.05, 0) is 30.7 Å². The van der Waals surface area contributed by atoms with Gasteiger partial charge in [-0.1, -0.05) is 6.92 Å². The molecule has 0 aliphatic rings. The molecule has 2 N–H and O–H groups in total. The van der Waals surface area contributed by atoms with E-state index in [0.717, 1.165) is 6.42 Å². The van der Waals surface area contributed by atoms with Gasteiger partial charge >= 0.3 is 0 Å². The van der Waals surface area contributed by atoms with Gasteiger partial charge in [-0.15, -0.1) is 4.91 Å². The summed E-state index contributed by atoms with van der Waals surface area (Å²) in [5.41, 5.74) is 6.17. The molecule has 15 heavy (non-hydrogen) atoms. The van der Waals surface area contributed by atoms with E-state index in [1.165, 1.54) is 5.01 Å². The maximum absolute atomic E-state index is 10.8. The summed E-state index contributed by atoms with van der Waals surface area (Å²) in [7, 11) is 0. The van der Waals surface area contributed by atoms with Crippen molar-refractivity contribution in [3.05, 3.63) is 34.7 Å². The molecule has 0 aliphatic carbocycles. The van der Waals surface area contributed by atoms with Crippen LogP contribution < -0.4 is 10.7 Å². The number of hydrogen-bond donors (Lipinski definition) is 1. The quantitative estimate of drug-likeness (QED) is 0.589. The fourth-order valence-corrected chi connectivity index (χ4v) is 1.23. The van der Waals surface area contributed by atoms with E-state index in [1.54, 1.807) is 24.3 Å². The summed E-state index contributed by atoms with van der Waals surface area (Å²) < 4.78 is 0. The molecule has 5 heteroatoms. The fourth-order valence-electron chi connectivity index (χ4n) is 1.23. The third-order valence-electron chi connectivity index (χ3n) is 1.98. The summed E-state index contributed by atoms with van der Waals surface area (Å²) in [6.07, 6.45) is 0.823. The summed E-state index contributed by atoms with van der Waals surface area (Å²) in [5, 5.41) is 4.23. The third-order valence-corrected chi connectivity index (χ3v) is 1.98. The van der Waals surface area contributed by atoms with Gasteiger partial charge in [-0.2, -0.15) is 0 Å². The average Bonchev–Trinajstić information content (AvgIpc) is 2.26. The highest BCUT2D eigenvalue weighted by atomic mass is 16.3. The minimum atomic E-state index is -0.484. The van der Waals surface area contributed by atoms with Crippen molar-refractivity contribution in [3.63, 3.8) is 0 Å². The number of nitroso groups, excluding NO2 is 1. The van der Waals surface area contributed by atoms with Crippen LogP contribution in [-0.4, -0.2) is 12.5 Å². The Labute approximate surface area is 87.8 Å². The fraction of sp³-hybridized carbons (Fsp3) is 0.300. The Kier molecular flexibility index (Phi) is 3.79. The highest BCUT2D eigenvalue weighted by Gasteiger charge is 2.06. The molecule has 5 nitrogen and oxygen atoms in total. The lowest BCUT2D eigenvalue weighted by atomic mass is 10.2. The van der Waals surface area contributed by atoms with Crippen LogP contribution in [0.3, 0.4) is 0 Å². The van der Waals surface area contributed by atoms with Crippen molar-refractivity contribution in [2.75, 3.05) is 11.6 Å². The van der Waals surface area contributed by atoms with Gasteiger partial charge in [-0.3, -0.25) is 4.79 Å². The molecule has 80 valence electrons. The Bertz CT molecular complexity index is 348. The molecule has 0 spiro atoms. The van der Waals surface area contributed by atoms with Gasteiger partial charge in [0, 0.05) is 12.1 Å². The van der Waals surface area contributed by atoms with E-state index in [-0.39, 0.29) is 0 Å². The summed E-state index contributed by atoms with van der Waals surface area (Å²) in [5.74, 6) is -0.484. The van der Waals surface area contributed by atoms with Crippen molar-refractivity contribution in [2.24, 2.45) is 11.0 Å². The molecule has 1 rings (SSSR count). The first-order valence-electron chi connectivity index (χ1n) is 4.69. The number of anilines is 1. The number of nitrogens with zero attached hydrogens (tertiary/aromatic N) is 2. The molecule has 0 heterocycles. The van der Waals surface area contributed by atoms with Crippen LogP contribution in [0.25, 0.3) is 0 Å². The van der Waals surface area contributed by atoms with E-state index in [0.29, 0.717) is 17.8 Å². The van der Waals surface area contributed by atoms with Gasteiger partial charge < -0.3 is 5.73 Å². The number of primary amides is 1. The first-order valence-corrected chi connectivity index (χ1v) is 4.69. The highest BCUT2D eigenvalue weighted by Crippen LogP contribution is 2.15. The molecule has 0 aromatic heterocycles. The summed E-state index contributed by atoms with van der Waals surface area (Å²) >= 11 is 0. The van der Waals surface area contributed by atoms with Crippen LogP contribution in [0, 0.1) is 4.91 Å². The molecule has 1 aromatic rings. The van der Waals surface area contributed by atoms with E-state index in [2.05, 4.69) is 5.29 Å². The molecule has 0 saturated carbocycles. The van der Waals surface area contributed by atoms with E-state index in [1.807, 2.05) is 6.92 Å². The van der Waals surface area contributed by atoms with Crippen molar-refractivity contribution in [1.82, 2.24) is 0 Å². The highest BCUT2D eigenvalue weighted by molar-refractivity contribution is 5.93. The first kappa shape index (κ1) is 11.2. The Hall–Kier alpha value is -1.91. The SMILES string of the molecule is CCCN(N=O)c1ccc(C(N)=O)cc1. The number of benzene rings is 1. The molecule has 0 radical (unpaired) electrons. The van der Waals surface area contributed by atoms with Crippen LogP contribution in [0.2, 0.25) is 0 Å². The van der Waals surface area contributed by atoms with Crippen LogP contribution in [-0.2, 0) is 0 Å². The molecule has 0 saturated heterocycles. The molecule has 0 unspecified atom stereocenters. The second-order valence-corrected chi connectivity index (χ2v) is 3.12. The predicted molar refractivity (Wildman–Crippen MR) is 58.4 cm³/mol. The van der Waals surface area contributed by atoms with Crippen molar-refractivity contribution < 1.29 is 4.79 Å². The zero-order chi connectivity index (χ0) is 11.3. The monoisotopic (exact) mass is 207 g/mol. The molecular weight excluding hydrogens is 194 g/mol. The lowest BCUT2D eigenvalue weighted by molar-refractivity contribution is 0.100. The van der Waals surface area contributed by atoms with E-state index >= 15 is 0 Å². The Morgan fingerprint density at radius 1 is 1.40 bits per heavy atom. The largest absolute Gasteiger partial charge is 0.366 e. The number of amides is 1. The van der Waals surface area contributed by atoms with Crippen LogP contribution in [0.5, 0.6) is 0 Å². The lowest BCUT2D eigenvalue weighted by Gasteiger charge is -2.13. The summed E-state index contributed by atoms with van der Waals surface area (Å²) in [6, 6.07) is 6.45. The first-order chi connectivity index (χ1) is 7.19. The van der Waals surface area contributed by atoms with Crippen molar-refractivity contribution >= 4 is 11.6 Å². The Morgan fingerprint density at radius 2 is 2.00 bits per heavy atom. The van der Waals surface area contributed by atoms with Crippen LogP contribution in [0.1, 0.15) is 23.7 Å². The van der Waals surface area contributed by atoms with Gasteiger partial charge in [0.2, 0.25) is 5.91 Å². The summed E-state index contributed by atoms with van der Waals surface area (Å²) in [6.45, 7) is 2.51. The standard InChI is InChI=1S/C10H13N3O2/c1-2-7-13(12-15)9-5-3-8(4-6-9)10(11)14/h3-6H,2,7H2,1H3,(H2,11,14). The second-order valence-electron chi connectivity index (χ2n) is 3.12. The average molecular weight is 207 g/mol. The third kappa shape index (κ3) is 2.77. The molecular formula is C10H13N3O2. The number of hydrogen-bond acceptors (Lipinski definition) is 3. The van der Waals surface area contributed by atoms with E-state index in [4.69, 9.17) is 5.73 Å². The van der Waals surface area contributed by atoms with E-state index < -0.39 is 5.91 Å². The van der Waals surface area contributed by atoms with Gasteiger partial charge in [-0.25, -0.2) is 5.01 Å². The van der Waals surface area contributed by atoms with Crippen molar-refractivity contribution in [3.8, 4) is 0 Å². The van der Waals surface area contributed by atoms with Crippen LogP contribution in [0.4, 0.5) is 5.69 Å². The van der Waals surface area contributed by atoms with Crippen LogP contribution in [0.15, 0.2) is 29.6 Å². The molecule has 0 atom stereocenters. The smallest absolute Gasteiger partial charge is 0.248 e. The van der Waals surface area contributed by atoms with Gasteiger partial charge in [0.15, 0.2) is 0 Å². The van der Waals surface area contributed by atoms with Gasteiger partial charge in [0.05, 0.1) is 11.0 Å². The number of carbonyl (C=O) groups excluding carboxylic acids is 1. The molecule has 0 fully saturated rings. The van der Waals surface area contributed by atoms with Crippen LogP contribution >= 0.6 is 0 Å². The topological polar surface area (TPSA) is 75.8 Å². The van der Waals surface area contributed by atoms with Gasteiger partial charge in [0.25, 0.3) is 0 Å². The predicted octanol–water partition coefficient (Wildman–Crippen LogP) is 1.68. The Morgan fingerprint density at radius 3 is 2.40 bits per heavy atom. The Balaban J connectivity index is 2.86. The minimum Gasteiger partial charge on any atom is -0.366 e. The maximum Gasteiger partial charge on any atom is 0.248 e. The van der Waals surface area contributed by atoms with Crippen molar-refractivity contribution in [2.45, 2.75) is 13.3 Å². The minimum absolute atomic E-state index is 0.418. The second kappa shape index (κ2) is 5.09. The maximum atomic E-state index is 10.8. The summed E-state index contributed by atoms with van der Waals surface area (Å²) in [4.78, 5) is 21.3. The zero-order valence-corrected chi connectivity index (χ0v) is 8.51. The molecule has 0 aliphatic heterocycles. The molecule has 1 aromatic carbocycles. The molecule has 1 amide bonds. The van der Waals surface area contributed by atoms with Gasteiger partial charge in [0.1, 0.15) is 0 Å².